The first-order valence-corrected chi connectivity index (χ1v) is 3.76. The molecule has 5 heteroatoms. The third-order valence-electron chi connectivity index (χ3n) is 1.79. The number of carboxylic acids is 1. The van der Waals surface area contributed by atoms with E-state index in [1.807, 2.05) is 0 Å². The first-order chi connectivity index (χ1) is 6.61. The standard InChI is InChI=1S/C9H7FN2O2/c10-7-2-1-5(3-11)8(9(13)14)6(7)4-12/h1-2H,4,12H2,(H,13,14). The van der Waals surface area contributed by atoms with Crippen molar-refractivity contribution in [1.82, 2.24) is 0 Å². The summed E-state index contributed by atoms with van der Waals surface area (Å²) in [6.45, 7) is -0.247. The molecule has 0 unspecified atom stereocenters. The Labute approximate surface area is 79.4 Å². The Bertz CT molecular complexity index is 424. The minimum absolute atomic E-state index is 0.0839. The lowest BCUT2D eigenvalue weighted by molar-refractivity contribution is 0.0694. The van der Waals surface area contributed by atoms with Crippen molar-refractivity contribution in [3.05, 3.63) is 34.6 Å². The van der Waals surface area contributed by atoms with E-state index in [2.05, 4.69) is 0 Å². The number of hydrogen-bond donors (Lipinski definition) is 2. The molecule has 0 aliphatic carbocycles. The smallest absolute Gasteiger partial charge is 0.337 e. The molecule has 0 aliphatic heterocycles. The Balaban J connectivity index is 3.54. The molecule has 4 nitrogen and oxygen atoms in total. The van der Waals surface area contributed by atoms with Gasteiger partial charge < -0.3 is 10.8 Å². The average molecular weight is 194 g/mol. The fraction of sp³-hybridized carbons (Fsp3) is 0.111. The van der Waals surface area contributed by atoms with E-state index in [1.54, 1.807) is 6.07 Å². The monoisotopic (exact) mass is 194 g/mol. The zero-order valence-corrected chi connectivity index (χ0v) is 7.12. The number of nitrogens with zero attached hydrogens (tertiary/aromatic N) is 1. The van der Waals surface area contributed by atoms with Crippen LogP contribution >= 0.6 is 0 Å². The van der Waals surface area contributed by atoms with E-state index >= 15 is 0 Å². The van der Waals surface area contributed by atoms with Gasteiger partial charge in [-0.3, -0.25) is 0 Å². The summed E-state index contributed by atoms with van der Waals surface area (Å²) in [4.78, 5) is 10.7. The van der Waals surface area contributed by atoms with Crippen molar-refractivity contribution in [3.8, 4) is 6.07 Å². The van der Waals surface area contributed by atoms with Gasteiger partial charge in [0.05, 0.1) is 11.1 Å². The van der Waals surface area contributed by atoms with Gasteiger partial charge in [-0.05, 0) is 12.1 Å². The number of aromatic carboxylic acids is 1. The van der Waals surface area contributed by atoms with Gasteiger partial charge in [0.1, 0.15) is 11.9 Å². The zero-order chi connectivity index (χ0) is 10.7. The van der Waals surface area contributed by atoms with Gasteiger partial charge in [0, 0.05) is 12.1 Å². The fourth-order valence-electron chi connectivity index (χ4n) is 1.16. The summed E-state index contributed by atoms with van der Waals surface area (Å²) in [7, 11) is 0. The molecule has 0 atom stereocenters. The third-order valence-corrected chi connectivity index (χ3v) is 1.79. The lowest BCUT2D eigenvalue weighted by atomic mass is 10.0. The van der Waals surface area contributed by atoms with Gasteiger partial charge in [0.2, 0.25) is 0 Å². The zero-order valence-electron chi connectivity index (χ0n) is 7.12. The van der Waals surface area contributed by atoms with Gasteiger partial charge >= 0.3 is 5.97 Å². The number of rotatable bonds is 2. The summed E-state index contributed by atoms with van der Waals surface area (Å²) in [5.41, 5.74) is 4.62. The highest BCUT2D eigenvalue weighted by Crippen LogP contribution is 2.17. The van der Waals surface area contributed by atoms with E-state index in [1.165, 1.54) is 0 Å². The van der Waals surface area contributed by atoms with E-state index in [0.717, 1.165) is 12.1 Å². The molecule has 0 heterocycles. The van der Waals surface area contributed by atoms with Crippen LogP contribution in [0.5, 0.6) is 0 Å². The SMILES string of the molecule is N#Cc1ccc(F)c(CN)c1C(=O)O. The van der Waals surface area contributed by atoms with Crippen molar-refractivity contribution in [2.24, 2.45) is 5.73 Å². The summed E-state index contributed by atoms with van der Waals surface area (Å²) in [6, 6.07) is 3.83. The number of halogens is 1. The summed E-state index contributed by atoms with van der Waals surface area (Å²) in [5.74, 6) is -2.05. The Morgan fingerprint density at radius 1 is 1.64 bits per heavy atom. The van der Waals surface area contributed by atoms with E-state index in [0.29, 0.717) is 0 Å². The van der Waals surface area contributed by atoms with Crippen LogP contribution in [0.2, 0.25) is 0 Å². The Morgan fingerprint density at radius 2 is 2.29 bits per heavy atom. The van der Waals surface area contributed by atoms with Crippen molar-refractivity contribution in [3.63, 3.8) is 0 Å². The van der Waals surface area contributed by atoms with Gasteiger partial charge in [0.25, 0.3) is 0 Å². The lowest BCUT2D eigenvalue weighted by Crippen LogP contribution is -2.11. The first kappa shape index (κ1) is 10.2. The third kappa shape index (κ3) is 1.56. The number of carbonyl (C=O) groups is 1. The molecule has 0 amide bonds. The van der Waals surface area contributed by atoms with Crippen LogP contribution in [0.15, 0.2) is 12.1 Å². The topological polar surface area (TPSA) is 87.1 Å². The highest BCUT2D eigenvalue weighted by atomic mass is 19.1. The van der Waals surface area contributed by atoms with Crippen molar-refractivity contribution >= 4 is 5.97 Å². The second-order valence-corrected chi connectivity index (χ2v) is 2.57. The molecular formula is C9H7FN2O2. The Kier molecular flexibility index (Phi) is 2.79. The number of carboxylic acid groups (broad SMARTS) is 1. The van der Waals surface area contributed by atoms with Crippen LogP contribution in [-0.4, -0.2) is 11.1 Å². The molecule has 1 aromatic carbocycles. The maximum Gasteiger partial charge on any atom is 0.337 e. The molecule has 0 bridgehead atoms. The molecule has 0 saturated heterocycles. The minimum Gasteiger partial charge on any atom is -0.478 e. The van der Waals surface area contributed by atoms with Crippen LogP contribution in [0.25, 0.3) is 0 Å². The predicted molar refractivity (Wildman–Crippen MR) is 46.0 cm³/mol. The maximum absolute atomic E-state index is 13.1. The molecule has 0 radical (unpaired) electrons. The highest BCUT2D eigenvalue weighted by molar-refractivity contribution is 5.92. The van der Waals surface area contributed by atoms with Crippen molar-refractivity contribution in [2.45, 2.75) is 6.54 Å². The second kappa shape index (κ2) is 3.85. The molecule has 72 valence electrons. The number of nitriles is 1. The van der Waals surface area contributed by atoms with Crippen molar-refractivity contribution in [2.75, 3.05) is 0 Å². The number of benzene rings is 1. The predicted octanol–water partition coefficient (Wildman–Crippen LogP) is 0.854. The molecule has 0 spiro atoms. The summed E-state index contributed by atoms with van der Waals surface area (Å²) < 4.78 is 13.1. The summed E-state index contributed by atoms with van der Waals surface area (Å²) >= 11 is 0. The van der Waals surface area contributed by atoms with Gasteiger partial charge in [-0.1, -0.05) is 0 Å². The highest BCUT2D eigenvalue weighted by Gasteiger charge is 2.17. The molecule has 0 aliphatic rings. The van der Waals surface area contributed by atoms with Crippen LogP contribution < -0.4 is 5.73 Å². The van der Waals surface area contributed by atoms with E-state index in [-0.39, 0.29) is 23.2 Å². The average Bonchev–Trinajstić information content (AvgIpc) is 2.17. The molecule has 1 rings (SSSR count). The second-order valence-electron chi connectivity index (χ2n) is 2.57. The fourth-order valence-corrected chi connectivity index (χ4v) is 1.16. The minimum atomic E-state index is -1.35. The molecule has 14 heavy (non-hydrogen) atoms. The maximum atomic E-state index is 13.1. The van der Waals surface area contributed by atoms with Crippen molar-refractivity contribution in [1.29, 1.82) is 5.26 Å². The molecule has 3 N–H and O–H groups in total. The first-order valence-electron chi connectivity index (χ1n) is 3.76. The summed E-state index contributed by atoms with van der Waals surface area (Å²) in [5, 5.41) is 17.4. The molecule has 0 saturated carbocycles. The van der Waals surface area contributed by atoms with Gasteiger partial charge in [-0.2, -0.15) is 5.26 Å². The normalized spacial score (nSPS) is 9.50. The number of hydrogen-bond acceptors (Lipinski definition) is 3. The van der Waals surface area contributed by atoms with E-state index < -0.39 is 11.8 Å². The van der Waals surface area contributed by atoms with Gasteiger partial charge in [-0.25, -0.2) is 9.18 Å². The van der Waals surface area contributed by atoms with Crippen LogP contribution in [0, 0.1) is 17.1 Å². The van der Waals surface area contributed by atoms with Crippen molar-refractivity contribution < 1.29 is 14.3 Å². The Morgan fingerprint density at radius 3 is 2.71 bits per heavy atom. The van der Waals surface area contributed by atoms with Crippen LogP contribution in [0.3, 0.4) is 0 Å². The molecule has 1 aromatic rings. The molecule has 0 fully saturated rings. The lowest BCUT2D eigenvalue weighted by Gasteiger charge is -2.05. The summed E-state index contributed by atoms with van der Waals surface area (Å²) in [6.07, 6.45) is 0. The van der Waals surface area contributed by atoms with Crippen LogP contribution in [0.4, 0.5) is 4.39 Å². The van der Waals surface area contributed by atoms with E-state index in [9.17, 15) is 9.18 Å². The van der Waals surface area contributed by atoms with Crippen LogP contribution in [0.1, 0.15) is 21.5 Å². The van der Waals surface area contributed by atoms with Gasteiger partial charge in [-0.15, -0.1) is 0 Å². The molecular weight excluding hydrogens is 187 g/mol. The number of nitrogens with two attached hydrogens (primary N) is 1. The van der Waals surface area contributed by atoms with E-state index in [4.69, 9.17) is 16.1 Å². The molecule has 0 aromatic heterocycles. The quantitative estimate of drug-likeness (QED) is 0.730. The Hall–Kier alpha value is -1.93. The van der Waals surface area contributed by atoms with Gasteiger partial charge in [0.15, 0.2) is 0 Å². The largest absolute Gasteiger partial charge is 0.478 e. The van der Waals surface area contributed by atoms with Crippen LogP contribution in [-0.2, 0) is 6.54 Å².